The summed E-state index contributed by atoms with van der Waals surface area (Å²) in [4.78, 5) is 30.1. The van der Waals surface area contributed by atoms with Crippen LogP contribution in [0.4, 0.5) is 18.9 Å². The molecule has 1 N–H and O–H groups in total. The summed E-state index contributed by atoms with van der Waals surface area (Å²) >= 11 is 0. The van der Waals surface area contributed by atoms with Gasteiger partial charge in [0.1, 0.15) is 6.04 Å². The number of nitriles is 1. The summed E-state index contributed by atoms with van der Waals surface area (Å²) in [6.45, 7) is 3.89. The first-order valence-corrected chi connectivity index (χ1v) is 16.5. The van der Waals surface area contributed by atoms with Gasteiger partial charge in [0.25, 0.3) is 5.91 Å². The van der Waals surface area contributed by atoms with Gasteiger partial charge in [0.05, 0.1) is 34.7 Å². The molecular weight excluding hydrogens is 617 g/mol. The fourth-order valence-electron chi connectivity index (χ4n) is 5.76. The highest BCUT2D eigenvalue weighted by Crippen LogP contribution is 2.40. The van der Waals surface area contributed by atoms with Gasteiger partial charge in [-0.3, -0.25) is 9.59 Å². The van der Waals surface area contributed by atoms with Crippen LogP contribution in [-0.2, 0) is 26.2 Å². The van der Waals surface area contributed by atoms with E-state index >= 15 is 0 Å². The van der Waals surface area contributed by atoms with Gasteiger partial charge >= 0.3 is 6.18 Å². The summed E-state index contributed by atoms with van der Waals surface area (Å²) < 4.78 is 63.9. The number of amides is 2. The number of piperidine rings is 1. The van der Waals surface area contributed by atoms with Crippen LogP contribution in [0.2, 0.25) is 0 Å². The second-order valence-electron chi connectivity index (χ2n) is 12.0. The fraction of sp³-hybridized carbons (Fsp3) is 0.382. The SMILES string of the molecule is CCS(=O)(=O)c1ccc([C@@H](CC#N)NC(=O)c2ccc(N3C[C@](C)(c4ccc(C(F)(F)F)cc4)CCC3C(=O)N(C)C)cc2)cc1. The number of halogens is 3. The van der Waals surface area contributed by atoms with Crippen LogP contribution in [0.5, 0.6) is 0 Å². The van der Waals surface area contributed by atoms with Crippen molar-refractivity contribution in [2.75, 3.05) is 31.3 Å². The lowest BCUT2D eigenvalue weighted by Gasteiger charge is -2.47. The highest BCUT2D eigenvalue weighted by molar-refractivity contribution is 7.91. The predicted octanol–water partition coefficient (Wildman–Crippen LogP) is 5.90. The van der Waals surface area contributed by atoms with E-state index in [0.29, 0.717) is 36.2 Å². The minimum absolute atomic E-state index is 0.0334. The van der Waals surface area contributed by atoms with Crippen LogP contribution >= 0.6 is 0 Å². The Morgan fingerprint density at radius 2 is 1.65 bits per heavy atom. The van der Waals surface area contributed by atoms with Crippen LogP contribution in [0.3, 0.4) is 0 Å². The molecule has 1 aliphatic heterocycles. The van der Waals surface area contributed by atoms with Gasteiger partial charge in [-0.2, -0.15) is 18.4 Å². The van der Waals surface area contributed by atoms with Gasteiger partial charge in [0.2, 0.25) is 5.91 Å². The number of likely N-dealkylation sites (N-methyl/N-ethyl adjacent to an activating group) is 1. The van der Waals surface area contributed by atoms with Crippen molar-refractivity contribution in [3.63, 3.8) is 0 Å². The van der Waals surface area contributed by atoms with Crippen LogP contribution in [0.15, 0.2) is 77.7 Å². The number of alkyl halides is 3. The summed E-state index contributed by atoms with van der Waals surface area (Å²) in [6, 6.07) is 18.8. The van der Waals surface area contributed by atoms with Crippen molar-refractivity contribution >= 4 is 27.3 Å². The molecule has 2 amide bonds. The number of carbonyl (C=O) groups is 2. The Bertz CT molecular complexity index is 1700. The monoisotopic (exact) mass is 654 g/mol. The van der Waals surface area contributed by atoms with E-state index in [1.54, 1.807) is 57.4 Å². The maximum Gasteiger partial charge on any atom is 0.416 e. The number of anilines is 1. The second-order valence-corrected chi connectivity index (χ2v) is 14.2. The molecule has 3 aromatic carbocycles. The molecule has 8 nitrogen and oxygen atoms in total. The molecule has 1 aliphatic rings. The minimum Gasteiger partial charge on any atom is -0.359 e. The first-order chi connectivity index (χ1) is 21.6. The highest BCUT2D eigenvalue weighted by atomic mass is 32.2. The molecule has 1 fully saturated rings. The summed E-state index contributed by atoms with van der Waals surface area (Å²) in [5, 5.41) is 12.2. The molecule has 4 rings (SSSR count). The van der Waals surface area contributed by atoms with Gasteiger partial charge in [0.15, 0.2) is 9.84 Å². The van der Waals surface area contributed by atoms with E-state index in [4.69, 9.17) is 0 Å². The van der Waals surface area contributed by atoms with Gasteiger partial charge in [-0.05, 0) is 72.5 Å². The molecule has 3 atom stereocenters. The first kappa shape index (κ1) is 34.5. The zero-order valence-corrected chi connectivity index (χ0v) is 27.0. The molecule has 3 aromatic rings. The zero-order chi connectivity index (χ0) is 33.9. The molecule has 0 spiro atoms. The Hall–Kier alpha value is -4.37. The Morgan fingerprint density at radius 1 is 1.04 bits per heavy atom. The van der Waals surface area contributed by atoms with Gasteiger partial charge in [-0.15, -0.1) is 0 Å². The van der Waals surface area contributed by atoms with Crippen molar-refractivity contribution in [1.29, 1.82) is 5.26 Å². The lowest BCUT2D eigenvalue weighted by molar-refractivity contribution is -0.137. The van der Waals surface area contributed by atoms with Gasteiger partial charge in [0, 0.05) is 37.3 Å². The Kier molecular flexibility index (Phi) is 10.2. The Balaban J connectivity index is 1.57. The lowest BCUT2D eigenvalue weighted by Crippen LogP contribution is -2.55. The Morgan fingerprint density at radius 3 is 2.17 bits per heavy atom. The smallest absolute Gasteiger partial charge is 0.359 e. The fourth-order valence-corrected chi connectivity index (χ4v) is 6.65. The highest BCUT2D eigenvalue weighted by Gasteiger charge is 2.41. The summed E-state index contributed by atoms with van der Waals surface area (Å²) in [5.74, 6) is -0.587. The van der Waals surface area contributed by atoms with E-state index in [9.17, 15) is 36.4 Å². The second kappa shape index (κ2) is 13.5. The van der Waals surface area contributed by atoms with Crippen LogP contribution in [0.25, 0.3) is 0 Å². The zero-order valence-electron chi connectivity index (χ0n) is 26.1. The van der Waals surface area contributed by atoms with Crippen LogP contribution in [0, 0.1) is 11.3 Å². The molecule has 0 bridgehead atoms. The van der Waals surface area contributed by atoms with Crippen molar-refractivity contribution in [1.82, 2.24) is 10.2 Å². The molecule has 0 radical (unpaired) electrons. The molecule has 12 heteroatoms. The number of hydrogen-bond acceptors (Lipinski definition) is 6. The molecule has 0 aliphatic carbocycles. The maximum atomic E-state index is 13.2. The topological polar surface area (TPSA) is 111 Å². The summed E-state index contributed by atoms with van der Waals surface area (Å²) in [7, 11) is -0.0538. The molecule has 0 saturated carbocycles. The van der Waals surface area contributed by atoms with E-state index in [0.717, 1.165) is 17.7 Å². The van der Waals surface area contributed by atoms with E-state index in [1.807, 2.05) is 11.8 Å². The average molecular weight is 655 g/mol. The number of rotatable bonds is 9. The van der Waals surface area contributed by atoms with E-state index in [1.165, 1.54) is 29.2 Å². The normalized spacial score (nSPS) is 19.2. The lowest BCUT2D eigenvalue weighted by atomic mass is 9.73. The van der Waals surface area contributed by atoms with Crippen molar-refractivity contribution in [3.05, 3.63) is 95.1 Å². The number of nitrogens with zero attached hydrogens (tertiary/aromatic N) is 3. The number of hydrogen-bond donors (Lipinski definition) is 1. The van der Waals surface area contributed by atoms with E-state index in [-0.39, 0.29) is 23.0 Å². The molecule has 0 aromatic heterocycles. The summed E-state index contributed by atoms with van der Waals surface area (Å²) in [6.07, 6.45) is -3.41. The molecule has 1 heterocycles. The van der Waals surface area contributed by atoms with Gasteiger partial charge in [-0.25, -0.2) is 8.42 Å². The predicted molar refractivity (Wildman–Crippen MR) is 169 cm³/mol. The average Bonchev–Trinajstić information content (AvgIpc) is 3.04. The first-order valence-electron chi connectivity index (χ1n) is 14.9. The van der Waals surface area contributed by atoms with E-state index < -0.39 is 45.0 Å². The molecule has 46 heavy (non-hydrogen) atoms. The third kappa shape index (κ3) is 7.53. The largest absolute Gasteiger partial charge is 0.416 e. The van der Waals surface area contributed by atoms with Gasteiger partial charge < -0.3 is 15.1 Å². The van der Waals surface area contributed by atoms with Crippen molar-refractivity contribution in [2.24, 2.45) is 0 Å². The molecule has 1 unspecified atom stereocenters. The number of benzene rings is 3. The van der Waals surface area contributed by atoms with E-state index in [2.05, 4.69) is 11.4 Å². The van der Waals surface area contributed by atoms with Gasteiger partial charge in [-0.1, -0.05) is 38.1 Å². The van der Waals surface area contributed by atoms with Crippen LogP contribution < -0.4 is 10.2 Å². The standard InChI is InChI=1S/C34H37F3N4O4S/c1-5-46(44,45)28-16-8-23(9-17-28)29(19-21-38)39-31(42)24-6-14-27(15-7-24)41-22-33(2,20-18-30(41)32(43)40(3)4)25-10-12-26(13-11-25)34(35,36)37/h6-17,29-30H,5,18-20,22H2,1-4H3,(H,39,42)/t29-,30?,33-/m1/s1. The molecular formula is C34H37F3N4O4S. The quantitative estimate of drug-likeness (QED) is 0.308. The number of nitrogens with one attached hydrogen (secondary N) is 1. The maximum absolute atomic E-state index is 13.2. The number of sulfone groups is 1. The third-order valence-corrected chi connectivity index (χ3v) is 10.3. The van der Waals surface area contributed by atoms with Crippen molar-refractivity contribution in [3.8, 4) is 6.07 Å². The third-order valence-electron chi connectivity index (χ3n) is 8.58. The minimum atomic E-state index is -4.44. The molecule has 244 valence electrons. The van der Waals surface area contributed by atoms with Crippen LogP contribution in [-0.4, -0.2) is 57.6 Å². The van der Waals surface area contributed by atoms with Crippen molar-refractivity contribution in [2.45, 2.75) is 61.7 Å². The summed E-state index contributed by atoms with van der Waals surface area (Å²) in [5.41, 5.74) is 1.05. The molecule has 1 saturated heterocycles. The Labute approximate surface area is 267 Å². The number of carbonyl (C=O) groups excluding carboxylic acids is 2. The van der Waals surface area contributed by atoms with Crippen LogP contribution in [0.1, 0.15) is 66.2 Å². The van der Waals surface area contributed by atoms with Crippen molar-refractivity contribution < 1.29 is 31.2 Å².